The molecule has 0 aromatic heterocycles. The smallest absolute Gasteiger partial charge is 0.317 e. The molecule has 10 nitrogen and oxygen atoms in total. The molecular formula is C14H26GdN4O6. The Balaban J connectivity index is 0.00000576. The number of carbonyl (C=O) groups is 3. The van der Waals surface area contributed by atoms with E-state index in [1.54, 1.807) is 14.7 Å². The van der Waals surface area contributed by atoms with E-state index in [-0.39, 0.29) is 59.6 Å². The Kier molecular flexibility index (Phi) is 13.5. The van der Waals surface area contributed by atoms with Crippen molar-refractivity contribution in [3.05, 3.63) is 0 Å². The maximum Gasteiger partial charge on any atom is 0.317 e. The minimum atomic E-state index is -0.960. The maximum absolute atomic E-state index is 11.0. The van der Waals surface area contributed by atoms with E-state index in [4.69, 9.17) is 15.3 Å². The Hall–Kier alpha value is -0.425. The molecule has 0 spiro atoms. The minimum absolute atomic E-state index is 0. The van der Waals surface area contributed by atoms with E-state index in [0.717, 1.165) is 0 Å². The number of rotatable bonds is 6. The third-order valence-corrected chi connectivity index (χ3v) is 3.75. The van der Waals surface area contributed by atoms with E-state index in [2.05, 4.69) is 5.32 Å². The van der Waals surface area contributed by atoms with Crippen LogP contribution in [0.15, 0.2) is 0 Å². The molecule has 1 aliphatic rings. The zero-order valence-electron chi connectivity index (χ0n) is 14.0. The molecule has 0 saturated carbocycles. The number of hydrogen-bond acceptors (Lipinski definition) is 7. The number of aliphatic carboxylic acids is 3. The van der Waals surface area contributed by atoms with Gasteiger partial charge >= 0.3 is 17.9 Å². The zero-order chi connectivity index (χ0) is 17.9. The second-order valence-corrected chi connectivity index (χ2v) is 5.76. The van der Waals surface area contributed by atoms with Crippen LogP contribution in [0, 0.1) is 39.9 Å². The third-order valence-electron chi connectivity index (χ3n) is 3.75. The Morgan fingerprint density at radius 2 is 0.920 bits per heavy atom. The van der Waals surface area contributed by atoms with Gasteiger partial charge in [-0.25, -0.2) is 0 Å². The molecule has 0 aromatic rings. The largest absolute Gasteiger partial charge is 0.480 e. The summed E-state index contributed by atoms with van der Waals surface area (Å²) in [4.78, 5) is 38.1. The van der Waals surface area contributed by atoms with Gasteiger partial charge in [-0.2, -0.15) is 0 Å². The van der Waals surface area contributed by atoms with Crippen LogP contribution in [0.1, 0.15) is 0 Å². The molecule has 0 unspecified atom stereocenters. The predicted octanol–water partition coefficient (Wildman–Crippen LogP) is -2.25. The summed E-state index contributed by atoms with van der Waals surface area (Å²) in [7, 11) is 0. The standard InChI is InChI=1S/C14H26N4O6.Gd/c19-12(20)9-16-3-1-15-2-4-17(10-13(21)22)6-8-18(7-5-16)11-14(23)24;/h15H,1-11H2,(H,19,20)(H,21,22)(H,23,24);. The van der Waals surface area contributed by atoms with E-state index in [0.29, 0.717) is 52.4 Å². The number of nitrogens with one attached hydrogen (secondary N) is 1. The molecular weight excluding hydrogens is 477 g/mol. The number of carboxylic acid groups (broad SMARTS) is 3. The monoisotopic (exact) mass is 504 g/mol. The van der Waals surface area contributed by atoms with Crippen LogP contribution in [0.2, 0.25) is 0 Å². The fraction of sp³-hybridized carbons (Fsp3) is 0.786. The first-order valence-electron chi connectivity index (χ1n) is 7.90. The van der Waals surface area contributed by atoms with Crippen LogP contribution in [-0.2, 0) is 14.4 Å². The topological polar surface area (TPSA) is 134 Å². The first-order chi connectivity index (χ1) is 11.4. The second kappa shape index (κ2) is 13.7. The van der Waals surface area contributed by atoms with Gasteiger partial charge < -0.3 is 20.6 Å². The van der Waals surface area contributed by atoms with Crippen molar-refractivity contribution < 1.29 is 69.6 Å². The van der Waals surface area contributed by atoms with Gasteiger partial charge in [0, 0.05) is 92.3 Å². The van der Waals surface area contributed by atoms with Gasteiger partial charge in [0.25, 0.3) is 0 Å². The van der Waals surface area contributed by atoms with Crippen molar-refractivity contribution in [2.24, 2.45) is 0 Å². The molecule has 0 amide bonds. The van der Waals surface area contributed by atoms with E-state index in [1.165, 1.54) is 0 Å². The summed E-state index contributed by atoms with van der Waals surface area (Å²) in [6.07, 6.45) is 0. The molecule has 1 saturated heterocycles. The summed E-state index contributed by atoms with van der Waals surface area (Å²) < 4.78 is 0. The van der Waals surface area contributed by atoms with Crippen molar-refractivity contribution in [1.82, 2.24) is 20.0 Å². The fourth-order valence-corrected chi connectivity index (χ4v) is 2.55. The van der Waals surface area contributed by atoms with Crippen LogP contribution < -0.4 is 5.32 Å². The minimum Gasteiger partial charge on any atom is -0.480 e. The molecule has 0 bridgehead atoms. The van der Waals surface area contributed by atoms with Crippen molar-refractivity contribution in [3.8, 4) is 0 Å². The van der Waals surface area contributed by atoms with Crippen molar-refractivity contribution in [2.75, 3.05) is 72.0 Å². The molecule has 4 N–H and O–H groups in total. The van der Waals surface area contributed by atoms with E-state index >= 15 is 0 Å². The normalized spacial score (nSPS) is 19.2. The van der Waals surface area contributed by atoms with E-state index < -0.39 is 17.9 Å². The van der Waals surface area contributed by atoms with Gasteiger partial charge in [-0.3, -0.25) is 29.1 Å². The Morgan fingerprint density at radius 1 is 0.640 bits per heavy atom. The van der Waals surface area contributed by atoms with Crippen LogP contribution in [0.4, 0.5) is 0 Å². The summed E-state index contributed by atoms with van der Waals surface area (Å²) in [6.45, 7) is 3.64. The quantitative estimate of drug-likeness (QED) is 0.315. The van der Waals surface area contributed by atoms with Gasteiger partial charge in [-0.05, 0) is 0 Å². The van der Waals surface area contributed by atoms with Crippen LogP contribution in [0.5, 0.6) is 0 Å². The second-order valence-electron chi connectivity index (χ2n) is 5.76. The van der Waals surface area contributed by atoms with Crippen molar-refractivity contribution >= 4 is 17.9 Å². The maximum atomic E-state index is 11.0. The van der Waals surface area contributed by atoms with Gasteiger partial charge in [-0.1, -0.05) is 0 Å². The summed E-state index contributed by atoms with van der Waals surface area (Å²) in [5.74, 6) is -2.79. The van der Waals surface area contributed by atoms with Crippen molar-refractivity contribution in [2.45, 2.75) is 0 Å². The fourth-order valence-electron chi connectivity index (χ4n) is 2.55. The number of carboxylic acids is 3. The van der Waals surface area contributed by atoms with E-state index in [1.807, 2.05) is 0 Å². The van der Waals surface area contributed by atoms with Crippen molar-refractivity contribution in [3.63, 3.8) is 0 Å². The first-order valence-corrected chi connectivity index (χ1v) is 7.90. The van der Waals surface area contributed by atoms with Crippen LogP contribution in [0.25, 0.3) is 0 Å². The Morgan fingerprint density at radius 3 is 1.20 bits per heavy atom. The first kappa shape index (κ1) is 24.6. The van der Waals surface area contributed by atoms with Gasteiger partial charge in [-0.15, -0.1) is 0 Å². The average molecular weight is 504 g/mol. The summed E-state index contributed by atoms with van der Waals surface area (Å²) in [5, 5.41) is 30.1. The van der Waals surface area contributed by atoms with Crippen LogP contribution in [-0.4, -0.2) is 120 Å². The molecule has 1 rings (SSSR count). The van der Waals surface area contributed by atoms with Gasteiger partial charge in [0.15, 0.2) is 0 Å². The number of hydrogen-bond donors (Lipinski definition) is 4. The van der Waals surface area contributed by atoms with Gasteiger partial charge in [0.2, 0.25) is 0 Å². The van der Waals surface area contributed by atoms with E-state index in [9.17, 15) is 14.4 Å². The Bertz CT molecular complexity index is 410. The van der Waals surface area contributed by atoms with Gasteiger partial charge in [0.05, 0.1) is 19.6 Å². The molecule has 0 atom stereocenters. The van der Waals surface area contributed by atoms with Crippen molar-refractivity contribution in [1.29, 1.82) is 0 Å². The molecule has 1 aliphatic heterocycles. The third kappa shape index (κ3) is 12.5. The zero-order valence-corrected chi connectivity index (χ0v) is 16.3. The van der Waals surface area contributed by atoms with Gasteiger partial charge in [0.1, 0.15) is 0 Å². The SMILES string of the molecule is O=C(O)CN1CCNCCN(CC(=O)O)CCN(CC(=O)O)CC1.[Gd]. The predicted molar refractivity (Wildman–Crippen MR) is 85.1 cm³/mol. The molecule has 0 radical (unpaired) electrons. The summed E-state index contributed by atoms with van der Waals surface area (Å²) in [5.41, 5.74) is 0. The van der Waals surface area contributed by atoms with Crippen LogP contribution >= 0.6 is 0 Å². The molecule has 11 heteroatoms. The molecule has 1 heterocycles. The summed E-state index contributed by atoms with van der Waals surface area (Å²) >= 11 is 0. The molecule has 0 aromatic carbocycles. The summed E-state index contributed by atoms with van der Waals surface area (Å²) in [6, 6.07) is 0. The molecule has 25 heavy (non-hydrogen) atoms. The molecule has 0 aliphatic carbocycles. The Labute approximate surface area is 178 Å². The molecule has 1 fully saturated rings. The average Bonchev–Trinajstić information content (AvgIpc) is 2.45. The molecule has 146 valence electrons. The number of nitrogens with zero attached hydrogens (tertiary/aromatic N) is 3. The van der Waals surface area contributed by atoms with Crippen LogP contribution in [0.3, 0.4) is 0 Å².